The van der Waals surface area contributed by atoms with E-state index in [2.05, 4.69) is 54.4 Å². The first-order valence-corrected chi connectivity index (χ1v) is 6.38. The molecule has 94 valence electrons. The zero-order valence-corrected chi connectivity index (χ0v) is 10.8. The molecule has 0 unspecified atom stereocenters. The van der Waals surface area contributed by atoms with Crippen LogP contribution in [0, 0.1) is 0 Å². The van der Waals surface area contributed by atoms with Crippen LogP contribution in [0.3, 0.4) is 0 Å². The van der Waals surface area contributed by atoms with Crippen LogP contribution in [0.2, 0.25) is 0 Å². The lowest BCUT2D eigenvalue weighted by atomic mass is 10.0. The summed E-state index contributed by atoms with van der Waals surface area (Å²) >= 11 is 0. The zero-order chi connectivity index (χ0) is 12.1. The second-order valence-corrected chi connectivity index (χ2v) is 4.82. The van der Waals surface area contributed by atoms with Crippen LogP contribution < -0.4 is 10.2 Å². The average molecular weight is 234 g/mol. The maximum atomic E-state index is 5.92. The highest BCUT2D eigenvalue weighted by molar-refractivity contribution is 5.45. The third kappa shape index (κ3) is 3.20. The molecule has 1 heterocycles. The van der Waals surface area contributed by atoms with Gasteiger partial charge in [0.2, 0.25) is 0 Å². The number of rotatable bonds is 6. The third-order valence-corrected chi connectivity index (χ3v) is 3.31. The predicted molar refractivity (Wildman–Crippen MR) is 71.6 cm³/mol. The molecule has 3 heteroatoms. The van der Waals surface area contributed by atoms with Crippen LogP contribution in [0.5, 0.6) is 0 Å². The van der Waals surface area contributed by atoms with Gasteiger partial charge in [-0.05, 0) is 26.0 Å². The van der Waals surface area contributed by atoms with E-state index in [4.69, 9.17) is 4.74 Å². The number of para-hydroxylation sites is 1. The van der Waals surface area contributed by atoms with E-state index in [0.29, 0.717) is 0 Å². The minimum atomic E-state index is 0.0656. The molecule has 0 amide bonds. The van der Waals surface area contributed by atoms with Gasteiger partial charge in [-0.25, -0.2) is 0 Å². The third-order valence-electron chi connectivity index (χ3n) is 3.31. The molecule has 0 spiro atoms. The monoisotopic (exact) mass is 234 g/mol. The molecule has 1 aromatic rings. The van der Waals surface area contributed by atoms with Crippen LogP contribution in [0.15, 0.2) is 30.3 Å². The largest absolute Gasteiger partial charge is 0.371 e. The summed E-state index contributed by atoms with van der Waals surface area (Å²) in [7, 11) is 0. The summed E-state index contributed by atoms with van der Waals surface area (Å²) < 4.78 is 5.92. The number of nitrogens with zero attached hydrogens (tertiary/aromatic N) is 1. The van der Waals surface area contributed by atoms with Crippen molar-refractivity contribution >= 4 is 5.69 Å². The van der Waals surface area contributed by atoms with Gasteiger partial charge in [0.1, 0.15) is 0 Å². The standard InChI is InChI=1S/C14H22N2O/c1-3-16(13-7-5-4-6-8-13)9-10-17-14(2)11-15-12-14/h4-8,15H,3,9-12H2,1-2H3. The molecule has 3 nitrogen and oxygen atoms in total. The van der Waals surface area contributed by atoms with Crippen molar-refractivity contribution in [2.24, 2.45) is 0 Å². The Morgan fingerprint density at radius 2 is 2.00 bits per heavy atom. The summed E-state index contributed by atoms with van der Waals surface area (Å²) in [6.07, 6.45) is 0. The van der Waals surface area contributed by atoms with E-state index in [-0.39, 0.29) is 5.60 Å². The van der Waals surface area contributed by atoms with Crippen LogP contribution in [0.25, 0.3) is 0 Å². The molecule has 0 atom stereocenters. The molecule has 0 aliphatic carbocycles. The Hall–Kier alpha value is -1.06. The summed E-state index contributed by atoms with van der Waals surface area (Å²) in [4.78, 5) is 2.34. The minimum absolute atomic E-state index is 0.0656. The van der Waals surface area contributed by atoms with Crippen molar-refractivity contribution < 1.29 is 4.74 Å². The van der Waals surface area contributed by atoms with Gasteiger partial charge >= 0.3 is 0 Å². The topological polar surface area (TPSA) is 24.5 Å². The van der Waals surface area contributed by atoms with Crippen molar-refractivity contribution in [2.45, 2.75) is 19.4 Å². The number of anilines is 1. The molecule has 1 aliphatic heterocycles. The molecule has 17 heavy (non-hydrogen) atoms. The van der Waals surface area contributed by atoms with Gasteiger partial charge in [0.05, 0.1) is 12.2 Å². The summed E-state index contributed by atoms with van der Waals surface area (Å²) in [6, 6.07) is 10.5. The van der Waals surface area contributed by atoms with Crippen molar-refractivity contribution in [3.63, 3.8) is 0 Å². The van der Waals surface area contributed by atoms with Gasteiger partial charge in [-0.1, -0.05) is 18.2 Å². The van der Waals surface area contributed by atoms with Crippen LogP contribution in [-0.4, -0.2) is 38.4 Å². The highest BCUT2D eigenvalue weighted by Crippen LogP contribution is 2.16. The van der Waals surface area contributed by atoms with E-state index in [1.54, 1.807) is 0 Å². The first-order valence-electron chi connectivity index (χ1n) is 6.38. The summed E-state index contributed by atoms with van der Waals surface area (Å²) in [5.41, 5.74) is 1.34. The number of likely N-dealkylation sites (N-methyl/N-ethyl adjacent to an activating group) is 1. The molecule has 1 N–H and O–H groups in total. The molecule has 1 aromatic carbocycles. The average Bonchev–Trinajstić information content (AvgIpc) is 2.33. The highest BCUT2D eigenvalue weighted by Gasteiger charge is 2.32. The van der Waals surface area contributed by atoms with Crippen molar-refractivity contribution in [1.82, 2.24) is 5.32 Å². The minimum Gasteiger partial charge on any atom is -0.371 e. The van der Waals surface area contributed by atoms with Gasteiger partial charge in [0.15, 0.2) is 0 Å². The number of hydrogen-bond donors (Lipinski definition) is 1. The van der Waals surface area contributed by atoms with Gasteiger partial charge in [-0.3, -0.25) is 0 Å². The lowest BCUT2D eigenvalue weighted by Crippen LogP contribution is -2.59. The van der Waals surface area contributed by atoms with Crippen LogP contribution in [0.4, 0.5) is 5.69 Å². The van der Waals surface area contributed by atoms with Crippen LogP contribution in [0.1, 0.15) is 13.8 Å². The van der Waals surface area contributed by atoms with Crippen LogP contribution in [-0.2, 0) is 4.74 Å². The van der Waals surface area contributed by atoms with Gasteiger partial charge in [0.25, 0.3) is 0 Å². The fraction of sp³-hybridized carbons (Fsp3) is 0.571. The Morgan fingerprint density at radius 3 is 2.53 bits per heavy atom. The molecule has 1 fully saturated rings. The molecule has 0 bridgehead atoms. The van der Waals surface area contributed by atoms with Gasteiger partial charge in [-0.15, -0.1) is 0 Å². The Balaban J connectivity index is 1.80. The number of hydrogen-bond acceptors (Lipinski definition) is 3. The van der Waals surface area contributed by atoms with Gasteiger partial charge < -0.3 is 15.0 Å². The summed E-state index contributed by atoms with van der Waals surface area (Å²) in [5.74, 6) is 0. The normalized spacial score (nSPS) is 17.5. The second kappa shape index (κ2) is 5.52. The van der Waals surface area contributed by atoms with Gasteiger partial charge in [0, 0.05) is 31.9 Å². The number of ether oxygens (including phenoxy) is 1. The molecule has 1 saturated heterocycles. The Morgan fingerprint density at radius 1 is 1.29 bits per heavy atom. The van der Waals surface area contributed by atoms with Crippen LogP contribution >= 0.6 is 0 Å². The number of nitrogens with one attached hydrogen (secondary N) is 1. The lowest BCUT2D eigenvalue weighted by Gasteiger charge is -2.39. The van der Waals surface area contributed by atoms with E-state index in [9.17, 15) is 0 Å². The molecule has 0 radical (unpaired) electrons. The van der Waals surface area contributed by atoms with Crippen molar-refractivity contribution in [1.29, 1.82) is 0 Å². The quantitative estimate of drug-likeness (QED) is 0.813. The van der Waals surface area contributed by atoms with E-state index in [1.807, 2.05) is 0 Å². The van der Waals surface area contributed by atoms with Crippen molar-refractivity contribution in [3.8, 4) is 0 Å². The zero-order valence-electron chi connectivity index (χ0n) is 10.8. The molecule has 0 saturated carbocycles. The fourth-order valence-corrected chi connectivity index (χ4v) is 2.09. The molecular weight excluding hydrogens is 212 g/mol. The Bertz CT molecular complexity index is 335. The number of benzene rings is 1. The Kier molecular flexibility index (Phi) is 4.02. The second-order valence-electron chi connectivity index (χ2n) is 4.82. The van der Waals surface area contributed by atoms with Crippen molar-refractivity contribution in [2.75, 3.05) is 37.7 Å². The van der Waals surface area contributed by atoms with E-state index < -0.39 is 0 Å². The first-order chi connectivity index (χ1) is 8.23. The van der Waals surface area contributed by atoms with Gasteiger partial charge in [-0.2, -0.15) is 0 Å². The lowest BCUT2D eigenvalue weighted by molar-refractivity contribution is -0.0633. The van der Waals surface area contributed by atoms with E-state index >= 15 is 0 Å². The first kappa shape index (κ1) is 12.4. The highest BCUT2D eigenvalue weighted by atomic mass is 16.5. The predicted octanol–water partition coefficient (Wildman–Crippen LogP) is 1.89. The smallest absolute Gasteiger partial charge is 0.0902 e. The fourth-order valence-electron chi connectivity index (χ4n) is 2.09. The molecule has 2 rings (SSSR count). The molecule has 0 aromatic heterocycles. The maximum Gasteiger partial charge on any atom is 0.0902 e. The Labute approximate surface area is 104 Å². The summed E-state index contributed by atoms with van der Waals surface area (Å²) in [6.45, 7) is 9.07. The van der Waals surface area contributed by atoms with E-state index in [0.717, 1.165) is 32.8 Å². The molecule has 1 aliphatic rings. The summed E-state index contributed by atoms with van der Waals surface area (Å²) in [5, 5.41) is 3.25. The van der Waals surface area contributed by atoms with Crippen molar-refractivity contribution in [3.05, 3.63) is 30.3 Å². The van der Waals surface area contributed by atoms with E-state index in [1.165, 1.54) is 5.69 Å². The molecular formula is C14H22N2O. The SMILES string of the molecule is CCN(CCOC1(C)CNC1)c1ccccc1. The maximum absolute atomic E-state index is 5.92.